The van der Waals surface area contributed by atoms with Gasteiger partial charge >= 0.3 is 0 Å². The van der Waals surface area contributed by atoms with Gasteiger partial charge < -0.3 is 19.1 Å². The standard InChI is InChI=1S/C21H25ClN2O4/c1-26-17-6-4-15(5-7-17)14-23-8-10-24(11-9-23)21(25)16-12-18(22)20(28-3)19(13-16)27-2/h4-7,12-13H,8-11,14H2,1-3H3. The van der Waals surface area contributed by atoms with Crippen LogP contribution in [0.3, 0.4) is 0 Å². The molecule has 0 aromatic heterocycles. The lowest BCUT2D eigenvalue weighted by Gasteiger charge is -2.35. The van der Waals surface area contributed by atoms with Crippen LogP contribution >= 0.6 is 11.6 Å². The molecular formula is C21H25ClN2O4. The maximum atomic E-state index is 12.9. The molecular weight excluding hydrogens is 380 g/mol. The van der Waals surface area contributed by atoms with Crippen LogP contribution in [0, 0.1) is 0 Å². The third-order valence-electron chi connectivity index (χ3n) is 4.91. The van der Waals surface area contributed by atoms with E-state index in [0.29, 0.717) is 35.2 Å². The van der Waals surface area contributed by atoms with E-state index < -0.39 is 0 Å². The minimum absolute atomic E-state index is 0.0491. The van der Waals surface area contributed by atoms with Crippen molar-refractivity contribution in [2.24, 2.45) is 0 Å². The highest BCUT2D eigenvalue weighted by Gasteiger charge is 2.24. The minimum atomic E-state index is -0.0491. The molecule has 0 atom stereocenters. The normalized spacial score (nSPS) is 14.6. The van der Waals surface area contributed by atoms with Crippen molar-refractivity contribution in [1.29, 1.82) is 0 Å². The number of carbonyl (C=O) groups is 1. The van der Waals surface area contributed by atoms with Gasteiger partial charge in [-0.2, -0.15) is 0 Å². The summed E-state index contributed by atoms with van der Waals surface area (Å²) >= 11 is 6.24. The number of amides is 1. The SMILES string of the molecule is COc1ccc(CN2CCN(C(=O)c3cc(Cl)c(OC)c(OC)c3)CC2)cc1. The zero-order valence-corrected chi connectivity index (χ0v) is 17.2. The number of benzene rings is 2. The van der Waals surface area contributed by atoms with Gasteiger partial charge in [0.15, 0.2) is 11.5 Å². The summed E-state index contributed by atoms with van der Waals surface area (Å²) in [6, 6.07) is 11.4. The molecule has 0 N–H and O–H groups in total. The van der Waals surface area contributed by atoms with Gasteiger partial charge in [0.1, 0.15) is 5.75 Å². The quantitative estimate of drug-likeness (QED) is 0.739. The molecule has 0 bridgehead atoms. The zero-order chi connectivity index (χ0) is 20.1. The highest BCUT2D eigenvalue weighted by atomic mass is 35.5. The molecule has 2 aromatic carbocycles. The molecule has 0 saturated carbocycles. The molecule has 1 aliphatic rings. The summed E-state index contributed by atoms with van der Waals surface area (Å²) in [4.78, 5) is 17.1. The van der Waals surface area contributed by atoms with E-state index in [9.17, 15) is 4.79 Å². The molecule has 0 spiro atoms. The van der Waals surface area contributed by atoms with E-state index in [2.05, 4.69) is 17.0 Å². The fourth-order valence-electron chi connectivity index (χ4n) is 3.32. The number of hydrogen-bond acceptors (Lipinski definition) is 5. The molecule has 3 rings (SSSR count). The van der Waals surface area contributed by atoms with Crippen LogP contribution in [0.4, 0.5) is 0 Å². The van der Waals surface area contributed by atoms with Crippen molar-refractivity contribution < 1.29 is 19.0 Å². The fraction of sp³-hybridized carbons (Fsp3) is 0.381. The molecule has 1 aliphatic heterocycles. The number of nitrogens with zero attached hydrogens (tertiary/aromatic N) is 2. The summed E-state index contributed by atoms with van der Waals surface area (Å²) < 4.78 is 15.7. The second kappa shape index (κ2) is 9.17. The topological polar surface area (TPSA) is 51.2 Å². The highest BCUT2D eigenvalue weighted by molar-refractivity contribution is 6.32. The first-order valence-corrected chi connectivity index (χ1v) is 9.49. The fourth-order valence-corrected chi connectivity index (χ4v) is 3.61. The molecule has 0 radical (unpaired) electrons. The molecule has 1 saturated heterocycles. The van der Waals surface area contributed by atoms with Gasteiger partial charge in [-0.3, -0.25) is 9.69 Å². The Balaban J connectivity index is 1.61. The molecule has 7 heteroatoms. The van der Waals surface area contributed by atoms with E-state index in [1.807, 2.05) is 17.0 Å². The summed E-state index contributed by atoms with van der Waals surface area (Å²) in [5, 5.41) is 0.364. The van der Waals surface area contributed by atoms with Crippen LogP contribution in [0.15, 0.2) is 36.4 Å². The van der Waals surface area contributed by atoms with E-state index in [-0.39, 0.29) is 5.91 Å². The molecule has 150 valence electrons. The monoisotopic (exact) mass is 404 g/mol. The van der Waals surface area contributed by atoms with Gasteiger partial charge in [0, 0.05) is 38.3 Å². The van der Waals surface area contributed by atoms with Gasteiger partial charge in [-0.15, -0.1) is 0 Å². The molecule has 1 amide bonds. The number of halogens is 1. The van der Waals surface area contributed by atoms with Crippen molar-refractivity contribution in [2.45, 2.75) is 6.54 Å². The smallest absolute Gasteiger partial charge is 0.254 e. The van der Waals surface area contributed by atoms with Crippen molar-refractivity contribution in [2.75, 3.05) is 47.5 Å². The number of carbonyl (C=O) groups excluding carboxylic acids is 1. The number of methoxy groups -OCH3 is 3. The van der Waals surface area contributed by atoms with Crippen LogP contribution < -0.4 is 14.2 Å². The Kier molecular flexibility index (Phi) is 6.65. The first kappa shape index (κ1) is 20.3. The Morgan fingerprint density at radius 2 is 1.64 bits per heavy atom. The predicted octanol–water partition coefficient (Wildman–Crippen LogP) is 3.32. The maximum Gasteiger partial charge on any atom is 0.254 e. The number of ether oxygens (including phenoxy) is 3. The van der Waals surface area contributed by atoms with E-state index in [4.69, 9.17) is 25.8 Å². The van der Waals surface area contributed by atoms with Crippen molar-refractivity contribution in [3.8, 4) is 17.2 Å². The number of rotatable bonds is 6. The third-order valence-corrected chi connectivity index (χ3v) is 5.19. The Morgan fingerprint density at radius 3 is 2.21 bits per heavy atom. The van der Waals surface area contributed by atoms with Crippen LogP contribution in [-0.2, 0) is 6.54 Å². The molecule has 28 heavy (non-hydrogen) atoms. The highest BCUT2D eigenvalue weighted by Crippen LogP contribution is 2.36. The van der Waals surface area contributed by atoms with E-state index >= 15 is 0 Å². The summed E-state index contributed by atoms with van der Waals surface area (Å²) in [6.07, 6.45) is 0. The van der Waals surface area contributed by atoms with Gasteiger partial charge in [0.05, 0.1) is 26.4 Å². The lowest BCUT2D eigenvalue weighted by atomic mass is 10.1. The lowest BCUT2D eigenvalue weighted by molar-refractivity contribution is 0.0628. The Hall–Kier alpha value is -2.44. The lowest BCUT2D eigenvalue weighted by Crippen LogP contribution is -2.48. The van der Waals surface area contributed by atoms with Crippen LogP contribution in [0.1, 0.15) is 15.9 Å². The van der Waals surface area contributed by atoms with Gasteiger partial charge in [-0.25, -0.2) is 0 Å². The van der Waals surface area contributed by atoms with Crippen LogP contribution in [0.5, 0.6) is 17.2 Å². The van der Waals surface area contributed by atoms with Crippen molar-refractivity contribution >= 4 is 17.5 Å². The van der Waals surface area contributed by atoms with Crippen molar-refractivity contribution in [3.63, 3.8) is 0 Å². The molecule has 1 heterocycles. The molecule has 0 aliphatic carbocycles. The Bertz CT molecular complexity index is 818. The van der Waals surface area contributed by atoms with Crippen LogP contribution in [0.25, 0.3) is 0 Å². The number of piperazine rings is 1. The van der Waals surface area contributed by atoms with Gasteiger partial charge in [0.25, 0.3) is 5.91 Å². The first-order chi connectivity index (χ1) is 13.5. The van der Waals surface area contributed by atoms with Gasteiger partial charge in [-0.05, 0) is 29.8 Å². The summed E-state index contributed by atoms with van der Waals surface area (Å²) in [6.45, 7) is 3.83. The average molecular weight is 405 g/mol. The molecule has 0 unspecified atom stereocenters. The predicted molar refractivity (Wildman–Crippen MR) is 109 cm³/mol. The third kappa shape index (κ3) is 4.51. The summed E-state index contributed by atoms with van der Waals surface area (Å²) in [5.41, 5.74) is 1.73. The van der Waals surface area contributed by atoms with Crippen molar-refractivity contribution in [3.05, 3.63) is 52.5 Å². The van der Waals surface area contributed by atoms with Crippen LogP contribution in [-0.4, -0.2) is 63.2 Å². The summed E-state index contributed by atoms with van der Waals surface area (Å²) in [5.74, 6) is 1.70. The Morgan fingerprint density at radius 1 is 0.964 bits per heavy atom. The maximum absolute atomic E-state index is 12.9. The van der Waals surface area contributed by atoms with Crippen molar-refractivity contribution in [1.82, 2.24) is 9.80 Å². The first-order valence-electron chi connectivity index (χ1n) is 9.11. The number of hydrogen-bond donors (Lipinski definition) is 0. The van der Waals surface area contributed by atoms with Crippen LogP contribution in [0.2, 0.25) is 5.02 Å². The molecule has 1 fully saturated rings. The second-order valence-electron chi connectivity index (χ2n) is 6.61. The van der Waals surface area contributed by atoms with Gasteiger partial charge in [-0.1, -0.05) is 23.7 Å². The largest absolute Gasteiger partial charge is 0.497 e. The Labute approximate surface area is 170 Å². The minimum Gasteiger partial charge on any atom is -0.497 e. The average Bonchev–Trinajstić information content (AvgIpc) is 2.73. The zero-order valence-electron chi connectivity index (χ0n) is 16.4. The van der Waals surface area contributed by atoms with E-state index in [1.165, 1.54) is 19.8 Å². The molecule has 2 aromatic rings. The van der Waals surface area contributed by atoms with E-state index in [1.54, 1.807) is 19.2 Å². The summed E-state index contributed by atoms with van der Waals surface area (Å²) in [7, 11) is 4.71. The molecule has 6 nitrogen and oxygen atoms in total. The second-order valence-corrected chi connectivity index (χ2v) is 7.02. The van der Waals surface area contributed by atoms with Gasteiger partial charge in [0.2, 0.25) is 0 Å². The van der Waals surface area contributed by atoms with E-state index in [0.717, 1.165) is 25.4 Å².